The van der Waals surface area contributed by atoms with Gasteiger partial charge in [0.15, 0.2) is 0 Å². The molecule has 1 fully saturated rings. The third kappa shape index (κ3) is 3.34. The summed E-state index contributed by atoms with van der Waals surface area (Å²) in [6.45, 7) is 2.41. The molecule has 116 valence electrons. The SMILES string of the molecule is CC1C(C(=O)O)CCN1Cc1ccc(F)c(C(F)(F)F)c1. The molecule has 1 heterocycles. The zero-order valence-electron chi connectivity index (χ0n) is 11.3. The predicted molar refractivity (Wildman–Crippen MR) is 67.0 cm³/mol. The molecule has 1 saturated heterocycles. The number of aliphatic carboxylic acids is 1. The van der Waals surface area contributed by atoms with Crippen molar-refractivity contribution in [1.29, 1.82) is 0 Å². The van der Waals surface area contributed by atoms with Crippen LogP contribution in [0.2, 0.25) is 0 Å². The number of rotatable bonds is 3. The van der Waals surface area contributed by atoms with Crippen molar-refractivity contribution < 1.29 is 27.5 Å². The Hall–Kier alpha value is -1.63. The Morgan fingerprint density at radius 2 is 2.10 bits per heavy atom. The minimum absolute atomic E-state index is 0.175. The lowest BCUT2D eigenvalue weighted by Gasteiger charge is -2.23. The standard InChI is InChI=1S/C14H15F4NO2/c1-8-10(13(20)21)4-5-19(8)7-9-2-3-12(15)11(6-9)14(16,17)18/h2-3,6,8,10H,4-5,7H2,1H3,(H,20,21). The molecule has 0 saturated carbocycles. The third-order valence-corrected chi connectivity index (χ3v) is 3.92. The molecule has 1 aliphatic rings. The van der Waals surface area contributed by atoms with Gasteiger partial charge in [0.1, 0.15) is 5.82 Å². The van der Waals surface area contributed by atoms with Crippen LogP contribution in [-0.4, -0.2) is 28.6 Å². The van der Waals surface area contributed by atoms with Crippen LogP contribution >= 0.6 is 0 Å². The van der Waals surface area contributed by atoms with Crippen LogP contribution in [0.1, 0.15) is 24.5 Å². The summed E-state index contributed by atoms with van der Waals surface area (Å²) in [5, 5.41) is 9.03. The average molecular weight is 305 g/mol. The van der Waals surface area contributed by atoms with Gasteiger partial charge in [0, 0.05) is 12.6 Å². The predicted octanol–water partition coefficient (Wildman–Crippen LogP) is 3.14. The monoisotopic (exact) mass is 305 g/mol. The van der Waals surface area contributed by atoms with Gasteiger partial charge in [0.25, 0.3) is 0 Å². The average Bonchev–Trinajstić information content (AvgIpc) is 2.72. The Labute approximate surface area is 119 Å². The van der Waals surface area contributed by atoms with Gasteiger partial charge in [-0.25, -0.2) is 4.39 Å². The van der Waals surface area contributed by atoms with E-state index in [0.29, 0.717) is 18.5 Å². The maximum Gasteiger partial charge on any atom is 0.419 e. The van der Waals surface area contributed by atoms with E-state index in [4.69, 9.17) is 5.11 Å². The molecule has 2 atom stereocenters. The summed E-state index contributed by atoms with van der Waals surface area (Å²) in [5.41, 5.74) is -0.969. The summed E-state index contributed by atoms with van der Waals surface area (Å²) >= 11 is 0. The number of hydrogen-bond donors (Lipinski definition) is 1. The van der Waals surface area contributed by atoms with Crippen LogP contribution in [0.4, 0.5) is 17.6 Å². The van der Waals surface area contributed by atoms with Crippen molar-refractivity contribution in [2.24, 2.45) is 5.92 Å². The van der Waals surface area contributed by atoms with Crippen molar-refractivity contribution in [2.75, 3.05) is 6.54 Å². The topological polar surface area (TPSA) is 40.5 Å². The molecule has 0 spiro atoms. The quantitative estimate of drug-likeness (QED) is 0.872. The molecule has 0 aliphatic carbocycles. The van der Waals surface area contributed by atoms with Crippen molar-refractivity contribution in [3.63, 3.8) is 0 Å². The van der Waals surface area contributed by atoms with E-state index in [1.807, 2.05) is 0 Å². The van der Waals surface area contributed by atoms with Gasteiger partial charge in [0.2, 0.25) is 0 Å². The number of carboxylic acids is 1. The zero-order chi connectivity index (χ0) is 15.8. The Kier molecular flexibility index (Phi) is 4.22. The second-order valence-electron chi connectivity index (χ2n) is 5.26. The number of nitrogens with zero attached hydrogens (tertiary/aromatic N) is 1. The molecule has 0 bridgehead atoms. The molecule has 1 N–H and O–H groups in total. The van der Waals surface area contributed by atoms with E-state index in [1.165, 1.54) is 6.07 Å². The van der Waals surface area contributed by atoms with E-state index in [2.05, 4.69) is 0 Å². The van der Waals surface area contributed by atoms with Crippen LogP contribution in [0.3, 0.4) is 0 Å². The van der Waals surface area contributed by atoms with Gasteiger partial charge in [-0.3, -0.25) is 9.69 Å². The summed E-state index contributed by atoms with van der Waals surface area (Å²) in [7, 11) is 0. The molecule has 0 aromatic heterocycles. The Morgan fingerprint density at radius 1 is 1.43 bits per heavy atom. The van der Waals surface area contributed by atoms with E-state index in [9.17, 15) is 22.4 Å². The molecular formula is C14H15F4NO2. The van der Waals surface area contributed by atoms with Crippen molar-refractivity contribution in [2.45, 2.75) is 32.1 Å². The molecule has 0 amide bonds. The van der Waals surface area contributed by atoms with Gasteiger partial charge in [0.05, 0.1) is 11.5 Å². The first kappa shape index (κ1) is 15.8. The summed E-state index contributed by atoms with van der Waals surface area (Å²) in [6, 6.07) is 2.62. The van der Waals surface area contributed by atoms with Gasteiger partial charge in [-0.05, 0) is 37.6 Å². The smallest absolute Gasteiger partial charge is 0.419 e. The van der Waals surface area contributed by atoms with Crippen LogP contribution in [-0.2, 0) is 17.5 Å². The molecule has 0 radical (unpaired) electrons. The summed E-state index contributed by atoms with van der Waals surface area (Å²) in [4.78, 5) is 12.8. The molecular weight excluding hydrogens is 290 g/mol. The Balaban J connectivity index is 2.16. The number of carbonyl (C=O) groups is 1. The lowest BCUT2D eigenvalue weighted by Crippen LogP contribution is -2.32. The van der Waals surface area contributed by atoms with Crippen LogP contribution in [0, 0.1) is 11.7 Å². The highest BCUT2D eigenvalue weighted by atomic mass is 19.4. The van der Waals surface area contributed by atoms with E-state index in [1.54, 1.807) is 11.8 Å². The number of hydrogen-bond acceptors (Lipinski definition) is 2. The van der Waals surface area contributed by atoms with Crippen molar-refractivity contribution in [1.82, 2.24) is 4.90 Å². The normalized spacial score (nSPS) is 23.5. The first-order valence-electron chi connectivity index (χ1n) is 6.52. The second kappa shape index (κ2) is 5.63. The molecule has 3 nitrogen and oxygen atoms in total. The van der Waals surface area contributed by atoms with Crippen molar-refractivity contribution >= 4 is 5.97 Å². The number of benzene rings is 1. The minimum atomic E-state index is -4.74. The fourth-order valence-electron chi connectivity index (χ4n) is 2.68. The van der Waals surface area contributed by atoms with Crippen LogP contribution in [0.25, 0.3) is 0 Å². The number of halogens is 4. The number of likely N-dealkylation sites (tertiary alicyclic amines) is 1. The number of carboxylic acid groups (broad SMARTS) is 1. The minimum Gasteiger partial charge on any atom is -0.481 e. The largest absolute Gasteiger partial charge is 0.481 e. The maximum atomic E-state index is 13.2. The summed E-state index contributed by atoms with van der Waals surface area (Å²) in [6.07, 6.45) is -4.27. The van der Waals surface area contributed by atoms with Crippen LogP contribution < -0.4 is 0 Å². The highest BCUT2D eigenvalue weighted by molar-refractivity contribution is 5.71. The van der Waals surface area contributed by atoms with Gasteiger partial charge in [-0.2, -0.15) is 13.2 Å². The molecule has 1 aromatic rings. The Morgan fingerprint density at radius 3 is 2.62 bits per heavy atom. The van der Waals surface area contributed by atoms with Crippen molar-refractivity contribution in [3.05, 3.63) is 35.1 Å². The van der Waals surface area contributed by atoms with Gasteiger partial charge >= 0.3 is 12.1 Å². The summed E-state index contributed by atoms with van der Waals surface area (Å²) < 4.78 is 51.2. The van der Waals surface area contributed by atoms with Crippen molar-refractivity contribution in [3.8, 4) is 0 Å². The van der Waals surface area contributed by atoms with E-state index in [0.717, 1.165) is 12.1 Å². The zero-order valence-corrected chi connectivity index (χ0v) is 11.3. The van der Waals surface area contributed by atoms with Crippen LogP contribution in [0.15, 0.2) is 18.2 Å². The maximum absolute atomic E-state index is 13.2. The molecule has 1 aromatic carbocycles. The highest BCUT2D eigenvalue weighted by Gasteiger charge is 2.37. The van der Waals surface area contributed by atoms with Gasteiger partial charge in [-0.15, -0.1) is 0 Å². The first-order chi connectivity index (χ1) is 9.70. The molecule has 1 aliphatic heterocycles. The van der Waals surface area contributed by atoms with Gasteiger partial charge < -0.3 is 5.11 Å². The van der Waals surface area contributed by atoms with Crippen LogP contribution in [0.5, 0.6) is 0 Å². The van der Waals surface area contributed by atoms with E-state index < -0.39 is 29.4 Å². The number of alkyl halides is 3. The molecule has 2 rings (SSSR count). The lowest BCUT2D eigenvalue weighted by atomic mass is 10.0. The van der Waals surface area contributed by atoms with Gasteiger partial charge in [-0.1, -0.05) is 6.07 Å². The molecule has 7 heteroatoms. The van der Waals surface area contributed by atoms with E-state index in [-0.39, 0.29) is 12.6 Å². The molecule has 21 heavy (non-hydrogen) atoms. The fourth-order valence-corrected chi connectivity index (χ4v) is 2.68. The third-order valence-electron chi connectivity index (χ3n) is 3.92. The summed E-state index contributed by atoms with van der Waals surface area (Å²) in [5.74, 6) is -2.73. The Bertz CT molecular complexity index is 544. The lowest BCUT2D eigenvalue weighted by molar-refractivity contribution is -0.142. The fraction of sp³-hybridized carbons (Fsp3) is 0.500. The van der Waals surface area contributed by atoms with E-state index >= 15 is 0 Å². The highest BCUT2D eigenvalue weighted by Crippen LogP contribution is 2.33. The first-order valence-corrected chi connectivity index (χ1v) is 6.52. The molecule has 2 unspecified atom stereocenters. The second-order valence-corrected chi connectivity index (χ2v) is 5.26.